The molecule has 0 aliphatic rings. The molecule has 12 heteroatoms. The predicted octanol–water partition coefficient (Wildman–Crippen LogP) is 4.99. The van der Waals surface area contributed by atoms with E-state index in [1.54, 1.807) is 0 Å². The summed E-state index contributed by atoms with van der Waals surface area (Å²) in [4.78, 5) is 3.85. The molecule has 2 rings (SSSR count). The van der Waals surface area contributed by atoms with Crippen LogP contribution in [0.5, 0.6) is 17.6 Å². The number of pyridine rings is 1. The van der Waals surface area contributed by atoms with Crippen molar-refractivity contribution in [1.82, 2.24) is 14.8 Å². The van der Waals surface area contributed by atoms with E-state index in [9.17, 15) is 26.3 Å². The number of halogens is 6. The molecule has 2 aromatic rings. The normalized spacial score (nSPS) is 13.5. The second-order valence-electron chi connectivity index (χ2n) is 4.92. The van der Waals surface area contributed by atoms with Crippen molar-refractivity contribution in [3.8, 4) is 17.6 Å². The Kier molecular flexibility index (Phi) is 5.94. The SMILES string of the molecule is CCC(Oc1cccc(Oc2cc(C(F)(F)F)nn2C)n1)SC(F)(F)F. The maximum Gasteiger partial charge on any atom is 0.445 e. The highest BCUT2D eigenvalue weighted by molar-refractivity contribution is 8.00. The average molecular weight is 401 g/mol. The number of alkyl halides is 6. The van der Waals surface area contributed by atoms with Crippen molar-refractivity contribution in [2.75, 3.05) is 0 Å². The number of thioether (sulfide) groups is 1. The first-order chi connectivity index (χ1) is 12.0. The average Bonchev–Trinajstić information content (AvgIpc) is 2.87. The van der Waals surface area contributed by atoms with Gasteiger partial charge >= 0.3 is 11.7 Å². The molecule has 0 N–H and O–H groups in total. The second-order valence-corrected chi connectivity index (χ2v) is 6.15. The molecule has 0 fully saturated rings. The minimum atomic E-state index is -4.64. The number of ether oxygens (including phenoxy) is 2. The monoisotopic (exact) mass is 401 g/mol. The Morgan fingerprint density at radius 3 is 2.35 bits per heavy atom. The molecule has 0 radical (unpaired) electrons. The van der Waals surface area contributed by atoms with Gasteiger partial charge < -0.3 is 9.47 Å². The van der Waals surface area contributed by atoms with Gasteiger partial charge in [0.1, 0.15) is 0 Å². The second kappa shape index (κ2) is 7.64. The van der Waals surface area contributed by atoms with E-state index < -0.39 is 22.8 Å². The standard InChI is InChI=1S/C14H13F6N3O2S/c1-3-12(26-14(18,19)20)25-10-6-4-5-9(21-10)24-11-7-8(13(15,16)17)22-23(11)2/h4-7,12H,3H2,1-2H3. The molecule has 0 bridgehead atoms. The number of nitrogens with zero attached hydrogens (tertiary/aromatic N) is 3. The summed E-state index contributed by atoms with van der Waals surface area (Å²) in [6, 6.07) is 4.72. The Hall–Kier alpha value is -2.11. The number of rotatable bonds is 6. The van der Waals surface area contributed by atoms with Crippen LogP contribution in [-0.2, 0) is 13.2 Å². The number of aryl methyl sites for hydroxylation is 1. The molecule has 144 valence electrons. The molecule has 0 aromatic carbocycles. The third kappa shape index (κ3) is 5.71. The lowest BCUT2D eigenvalue weighted by Gasteiger charge is -2.17. The molecular formula is C14H13F6N3O2S. The Labute approximate surface area is 148 Å². The smallest absolute Gasteiger partial charge is 0.445 e. The predicted molar refractivity (Wildman–Crippen MR) is 80.9 cm³/mol. The lowest BCUT2D eigenvalue weighted by Crippen LogP contribution is -2.17. The number of hydrogen-bond donors (Lipinski definition) is 0. The number of aromatic nitrogens is 3. The van der Waals surface area contributed by atoms with Crippen LogP contribution < -0.4 is 9.47 Å². The zero-order valence-corrected chi connectivity index (χ0v) is 14.2. The van der Waals surface area contributed by atoms with Crippen LogP contribution in [0.4, 0.5) is 26.3 Å². The van der Waals surface area contributed by atoms with Crippen LogP contribution in [0.3, 0.4) is 0 Å². The van der Waals surface area contributed by atoms with Gasteiger partial charge in [0.15, 0.2) is 11.1 Å². The maximum absolute atomic E-state index is 12.6. The molecule has 0 saturated heterocycles. The Bertz CT molecular complexity index is 747. The summed E-state index contributed by atoms with van der Waals surface area (Å²) < 4.78 is 86.5. The van der Waals surface area contributed by atoms with Crippen LogP contribution in [0.1, 0.15) is 19.0 Å². The van der Waals surface area contributed by atoms with Crippen LogP contribution in [0.15, 0.2) is 24.3 Å². The zero-order valence-electron chi connectivity index (χ0n) is 13.4. The minimum Gasteiger partial charge on any atom is -0.463 e. The molecule has 5 nitrogen and oxygen atoms in total. The zero-order chi connectivity index (χ0) is 19.5. The Balaban J connectivity index is 2.13. The Morgan fingerprint density at radius 2 is 1.81 bits per heavy atom. The van der Waals surface area contributed by atoms with E-state index in [1.165, 1.54) is 32.2 Å². The van der Waals surface area contributed by atoms with Gasteiger partial charge in [0.2, 0.25) is 17.6 Å². The van der Waals surface area contributed by atoms with Crippen LogP contribution in [-0.4, -0.2) is 25.7 Å². The fourth-order valence-electron chi connectivity index (χ4n) is 1.78. The Morgan fingerprint density at radius 1 is 1.15 bits per heavy atom. The van der Waals surface area contributed by atoms with Gasteiger partial charge in [-0.25, -0.2) is 4.68 Å². The lowest BCUT2D eigenvalue weighted by molar-refractivity contribution is -0.141. The van der Waals surface area contributed by atoms with Gasteiger partial charge in [0.25, 0.3) is 0 Å². The summed E-state index contributed by atoms with van der Waals surface area (Å²) in [7, 11) is 1.25. The van der Waals surface area contributed by atoms with E-state index in [2.05, 4.69) is 10.1 Å². The van der Waals surface area contributed by atoms with Gasteiger partial charge in [-0.15, -0.1) is 0 Å². The van der Waals surface area contributed by atoms with E-state index >= 15 is 0 Å². The van der Waals surface area contributed by atoms with E-state index in [-0.39, 0.29) is 35.8 Å². The van der Waals surface area contributed by atoms with Crippen LogP contribution >= 0.6 is 11.8 Å². The van der Waals surface area contributed by atoms with Gasteiger partial charge in [0, 0.05) is 25.2 Å². The molecule has 0 spiro atoms. The summed E-state index contributed by atoms with van der Waals surface area (Å²) in [6.07, 6.45) is -4.57. The molecule has 0 amide bonds. The fourth-order valence-corrected chi connectivity index (χ4v) is 2.40. The van der Waals surface area contributed by atoms with Crippen molar-refractivity contribution >= 4 is 11.8 Å². The fraction of sp³-hybridized carbons (Fsp3) is 0.429. The highest BCUT2D eigenvalue weighted by Crippen LogP contribution is 2.36. The van der Waals surface area contributed by atoms with Crippen LogP contribution in [0, 0.1) is 0 Å². The van der Waals surface area contributed by atoms with Crippen molar-refractivity contribution in [1.29, 1.82) is 0 Å². The summed E-state index contributed by atoms with van der Waals surface area (Å²) in [5.74, 6) is -0.533. The molecular weight excluding hydrogens is 388 g/mol. The van der Waals surface area contributed by atoms with Gasteiger partial charge in [-0.3, -0.25) is 0 Å². The summed E-state index contributed by atoms with van der Waals surface area (Å²) in [5.41, 5.74) is -6.83. The van der Waals surface area contributed by atoms with Gasteiger partial charge in [-0.2, -0.15) is 36.4 Å². The third-order valence-electron chi connectivity index (χ3n) is 2.89. The maximum atomic E-state index is 12.6. The van der Waals surface area contributed by atoms with Crippen molar-refractivity contribution < 1.29 is 35.8 Å². The number of hydrogen-bond acceptors (Lipinski definition) is 5. The molecule has 2 heterocycles. The highest BCUT2D eigenvalue weighted by Gasteiger charge is 2.35. The summed E-state index contributed by atoms with van der Waals surface area (Å²) in [6.45, 7) is 1.51. The molecule has 0 aliphatic carbocycles. The topological polar surface area (TPSA) is 49.2 Å². The minimum absolute atomic E-state index is 0.0631. The van der Waals surface area contributed by atoms with Gasteiger partial charge in [-0.1, -0.05) is 13.0 Å². The first-order valence-corrected chi connectivity index (χ1v) is 8.03. The van der Waals surface area contributed by atoms with Crippen LogP contribution in [0.2, 0.25) is 0 Å². The summed E-state index contributed by atoms with van der Waals surface area (Å²) >= 11 is -0.327. The largest absolute Gasteiger partial charge is 0.463 e. The first-order valence-electron chi connectivity index (χ1n) is 7.15. The molecule has 2 aromatic heterocycles. The molecule has 0 aliphatic heterocycles. The van der Waals surface area contributed by atoms with Gasteiger partial charge in [-0.05, 0) is 18.2 Å². The van der Waals surface area contributed by atoms with E-state index in [0.29, 0.717) is 6.07 Å². The van der Waals surface area contributed by atoms with Crippen molar-refractivity contribution in [2.45, 2.75) is 30.5 Å². The highest BCUT2D eigenvalue weighted by atomic mass is 32.2. The lowest BCUT2D eigenvalue weighted by atomic mass is 10.4. The molecule has 1 atom stereocenters. The third-order valence-corrected chi connectivity index (χ3v) is 3.84. The molecule has 1 unspecified atom stereocenters. The summed E-state index contributed by atoms with van der Waals surface area (Å²) in [5, 5.41) is 3.28. The van der Waals surface area contributed by atoms with Crippen molar-refractivity contribution in [2.24, 2.45) is 7.05 Å². The first kappa shape index (κ1) is 20.2. The van der Waals surface area contributed by atoms with Crippen molar-refractivity contribution in [3.05, 3.63) is 30.0 Å². The van der Waals surface area contributed by atoms with Crippen LogP contribution in [0.25, 0.3) is 0 Å². The molecule has 26 heavy (non-hydrogen) atoms. The van der Waals surface area contributed by atoms with Gasteiger partial charge in [0.05, 0.1) is 0 Å². The quantitative estimate of drug-likeness (QED) is 0.504. The van der Waals surface area contributed by atoms with E-state index in [1.807, 2.05) is 0 Å². The van der Waals surface area contributed by atoms with Crippen molar-refractivity contribution in [3.63, 3.8) is 0 Å². The van der Waals surface area contributed by atoms with E-state index in [4.69, 9.17) is 9.47 Å². The molecule has 0 saturated carbocycles. The van der Waals surface area contributed by atoms with E-state index in [0.717, 1.165) is 4.68 Å².